The van der Waals surface area contributed by atoms with Crippen LogP contribution in [0.2, 0.25) is 0 Å². The zero-order valence-corrected chi connectivity index (χ0v) is 11.9. The first-order chi connectivity index (χ1) is 7.93. The molecule has 2 rings (SSSR count). The number of hydrogen-bond donors (Lipinski definition) is 1. The lowest BCUT2D eigenvalue weighted by Gasteiger charge is -2.37. The van der Waals surface area contributed by atoms with E-state index in [1.54, 1.807) is 0 Å². The number of hydrogen-bond acceptors (Lipinski definition) is 4. The van der Waals surface area contributed by atoms with E-state index in [-0.39, 0.29) is 22.9 Å². The third-order valence-electron chi connectivity index (χ3n) is 3.74. The maximum atomic E-state index is 12.3. The third-order valence-corrected chi connectivity index (χ3v) is 4.73. The summed E-state index contributed by atoms with van der Waals surface area (Å²) >= 11 is 2.00. The second kappa shape index (κ2) is 4.81. The summed E-state index contributed by atoms with van der Waals surface area (Å²) in [5, 5.41) is 3.39. The van der Waals surface area contributed by atoms with Gasteiger partial charge in [-0.3, -0.25) is 4.79 Å². The first-order valence-corrected chi connectivity index (χ1v) is 7.60. The lowest BCUT2D eigenvalue weighted by molar-refractivity contribution is -0.163. The summed E-state index contributed by atoms with van der Waals surface area (Å²) in [4.78, 5) is 12.3. The standard InChI is InChI=1S/C13H23NO2S/c1-12(2,3)16-11(15)10-8-14-9-13(10)4-6-17-7-5-13/h10,14H,4-9H2,1-3H3. The Morgan fingerprint density at radius 3 is 2.59 bits per heavy atom. The normalized spacial score (nSPS) is 28.3. The summed E-state index contributed by atoms with van der Waals surface area (Å²) in [7, 11) is 0. The van der Waals surface area contributed by atoms with E-state index >= 15 is 0 Å². The molecule has 4 heteroatoms. The highest BCUT2D eigenvalue weighted by Crippen LogP contribution is 2.44. The Bertz CT molecular complexity index is 292. The van der Waals surface area contributed by atoms with Crippen molar-refractivity contribution < 1.29 is 9.53 Å². The highest BCUT2D eigenvalue weighted by atomic mass is 32.2. The van der Waals surface area contributed by atoms with Gasteiger partial charge in [0, 0.05) is 13.1 Å². The minimum atomic E-state index is -0.371. The number of esters is 1. The number of carbonyl (C=O) groups excluding carboxylic acids is 1. The molecule has 2 saturated heterocycles. The van der Waals surface area contributed by atoms with E-state index in [4.69, 9.17) is 4.74 Å². The minimum absolute atomic E-state index is 0.00519. The van der Waals surface area contributed by atoms with Crippen LogP contribution in [0.5, 0.6) is 0 Å². The van der Waals surface area contributed by atoms with E-state index in [9.17, 15) is 4.79 Å². The van der Waals surface area contributed by atoms with Gasteiger partial charge in [0.05, 0.1) is 5.92 Å². The molecular weight excluding hydrogens is 234 g/mol. The molecule has 0 aromatic carbocycles. The fourth-order valence-electron chi connectivity index (χ4n) is 2.81. The molecule has 0 aromatic heterocycles. The van der Waals surface area contributed by atoms with E-state index < -0.39 is 0 Å². The Kier molecular flexibility index (Phi) is 3.74. The van der Waals surface area contributed by atoms with Crippen molar-refractivity contribution in [2.75, 3.05) is 24.6 Å². The molecule has 0 saturated carbocycles. The zero-order valence-electron chi connectivity index (χ0n) is 11.0. The highest BCUT2D eigenvalue weighted by Gasteiger charge is 2.48. The highest BCUT2D eigenvalue weighted by molar-refractivity contribution is 7.99. The van der Waals surface area contributed by atoms with Crippen molar-refractivity contribution in [3.8, 4) is 0 Å². The molecule has 1 unspecified atom stereocenters. The van der Waals surface area contributed by atoms with Gasteiger partial charge in [-0.2, -0.15) is 11.8 Å². The average molecular weight is 257 g/mol. The van der Waals surface area contributed by atoms with E-state index in [1.807, 2.05) is 32.5 Å². The zero-order chi connectivity index (χ0) is 12.5. The molecule has 1 spiro atoms. The molecular formula is C13H23NO2S. The molecule has 1 atom stereocenters. The van der Waals surface area contributed by atoms with Gasteiger partial charge in [0.1, 0.15) is 5.60 Å². The summed E-state index contributed by atoms with van der Waals surface area (Å²) in [6.07, 6.45) is 2.29. The predicted molar refractivity (Wildman–Crippen MR) is 71.2 cm³/mol. The summed E-state index contributed by atoms with van der Waals surface area (Å²) < 4.78 is 5.56. The number of nitrogens with one attached hydrogen (secondary N) is 1. The van der Waals surface area contributed by atoms with Gasteiger partial charge in [-0.05, 0) is 50.5 Å². The van der Waals surface area contributed by atoms with E-state index in [2.05, 4.69) is 5.32 Å². The summed E-state index contributed by atoms with van der Waals surface area (Å²) in [6.45, 7) is 7.60. The van der Waals surface area contributed by atoms with Gasteiger partial charge in [0.15, 0.2) is 0 Å². The Morgan fingerprint density at radius 2 is 2.00 bits per heavy atom. The van der Waals surface area contributed by atoms with Crippen LogP contribution in [0.15, 0.2) is 0 Å². The Balaban J connectivity index is 2.06. The molecule has 0 radical (unpaired) electrons. The average Bonchev–Trinajstić information content (AvgIpc) is 2.60. The Morgan fingerprint density at radius 1 is 1.35 bits per heavy atom. The third kappa shape index (κ3) is 2.97. The van der Waals surface area contributed by atoms with Crippen LogP contribution in [0.4, 0.5) is 0 Å². The van der Waals surface area contributed by atoms with Gasteiger partial charge in [-0.25, -0.2) is 0 Å². The summed E-state index contributed by atoms with van der Waals surface area (Å²) in [6, 6.07) is 0. The van der Waals surface area contributed by atoms with E-state index in [0.717, 1.165) is 25.9 Å². The van der Waals surface area contributed by atoms with Gasteiger partial charge < -0.3 is 10.1 Å². The molecule has 2 aliphatic heterocycles. The molecule has 98 valence electrons. The Labute approximate surface area is 108 Å². The van der Waals surface area contributed by atoms with Crippen molar-refractivity contribution in [3.63, 3.8) is 0 Å². The smallest absolute Gasteiger partial charge is 0.311 e. The number of rotatable bonds is 1. The van der Waals surface area contributed by atoms with Gasteiger partial charge in [-0.1, -0.05) is 0 Å². The van der Waals surface area contributed by atoms with Crippen molar-refractivity contribution in [2.45, 2.75) is 39.2 Å². The monoisotopic (exact) mass is 257 g/mol. The van der Waals surface area contributed by atoms with Crippen molar-refractivity contribution >= 4 is 17.7 Å². The van der Waals surface area contributed by atoms with E-state index in [1.165, 1.54) is 11.5 Å². The maximum Gasteiger partial charge on any atom is 0.311 e. The van der Waals surface area contributed by atoms with Crippen LogP contribution in [0.3, 0.4) is 0 Å². The largest absolute Gasteiger partial charge is 0.460 e. The van der Waals surface area contributed by atoms with Crippen LogP contribution in [-0.4, -0.2) is 36.2 Å². The topological polar surface area (TPSA) is 38.3 Å². The summed E-state index contributed by atoms with van der Waals surface area (Å²) in [5.41, 5.74) is -0.197. The van der Waals surface area contributed by atoms with Crippen molar-refractivity contribution in [1.29, 1.82) is 0 Å². The van der Waals surface area contributed by atoms with E-state index in [0.29, 0.717) is 0 Å². The molecule has 2 aliphatic rings. The van der Waals surface area contributed by atoms with Crippen LogP contribution >= 0.6 is 11.8 Å². The molecule has 2 heterocycles. The van der Waals surface area contributed by atoms with Crippen LogP contribution in [0.25, 0.3) is 0 Å². The Hall–Kier alpha value is -0.220. The first-order valence-electron chi connectivity index (χ1n) is 6.44. The molecule has 2 fully saturated rings. The number of thioether (sulfide) groups is 1. The second-order valence-corrected chi connectivity index (χ2v) is 7.42. The van der Waals surface area contributed by atoms with Crippen molar-refractivity contribution in [1.82, 2.24) is 5.32 Å². The molecule has 3 nitrogen and oxygen atoms in total. The van der Waals surface area contributed by atoms with Crippen LogP contribution < -0.4 is 5.32 Å². The fourth-order valence-corrected chi connectivity index (χ4v) is 4.12. The maximum absolute atomic E-state index is 12.3. The SMILES string of the molecule is CC(C)(C)OC(=O)C1CNCC12CCSCC2. The first kappa shape index (κ1) is 13.2. The molecule has 0 aromatic rings. The molecule has 0 aliphatic carbocycles. The van der Waals surface area contributed by atoms with Crippen molar-refractivity contribution in [2.24, 2.45) is 11.3 Å². The van der Waals surface area contributed by atoms with Gasteiger partial charge in [-0.15, -0.1) is 0 Å². The van der Waals surface area contributed by atoms with Crippen molar-refractivity contribution in [3.05, 3.63) is 0 Å². The van der Waals surface area contributed by atoms with Gasteiger partial charge in [0.2, 0.25) is 0 Å². The van der Waals surface area contributed by atoms with Crippen LogP contribution in [0, 0.1) is 11.3 Å². The summed E-state index contributed by atoms with van der Waals surface area (Å²) in [5.74, 6) is 2.42. The molecule has 17 heavy (non-hydrogen) atoms. The molecule has 1 N–H and O–H groups in total. The number of ether oxygens (including phenoxy) is 1. The lowest BCUT2D eigenvalue weighted by Crippen LogP contribution is -2.41. The number of carbonyl (C=O) groups is 1. The molecule has 0 amide bonds. The predicted octanol–water partition coefficient (Wildman–Crippen LogP) is 2.06. The lowest BCUT2D eigenvalue weighted by atomic mass is 9.73. The minimum Gasteiger partial charge on any atom is -0.460 e. The van der Waals surface area contributed by atoms with Crippen LogP contribution in [-0.2, 0) is 9.53 Å². The van der Waals surface area contributed by atoms with Crippen LogP contribution in [0.1, 0.15) is 33.6 Å². The second-order valence-electron chi connectivity index (χ2n) is 6.19. The van der Waals surface area contributed by atoms with Gasteiger partial charge >= 0.3 is 5.97 Å². The quantitative estimate of drug-likeness (QED) is 0.730. The fraction of sp³-hybridized carbons (Fsp3) is 0.923. The van der Waals surface area contributed by atoms with Gasteiger partial charge in [0.25, 0.3) is 0 Å². The molecule has 0 bridgehead atoms.